The Hall–Kier alpha value is -0.780. The number of hydrogen-bond acceptors (Lipinski definition) is 3. The predicted octanol–water partition coefficient (Wildman–Crippen LogP) is 2.43. The lowest BCUT2D eigenvalue weighted by Crippen LogP contribution is -2.30. The zero-order valence-corrected chi connectivity index (χ0v) is 11.6. The smallest absolute Gasteiger partial charge is 0.240 e. The molecule has 1 N–H and O–H groups in total. The van der Waals surface area contributed by atoms with Crippen molar-refractivity contribution in [3.8, 4) is 5.75 Å². The molecular weight excluding hydrogens is 262 g/mol. The van der Waals surface area contributed by atoms with Gasteiger partial charge in [0.2, 0.25) is 10.0 Å². The van der Waals surface area contributed by atoms with Crippen LogP contribution in [0.1, 0.15) is 20.8 Å². The van der Waals surface area contributed by atoms with E-state index in [1.807, 2.05) is 6.92 Å². The summed E-state index contributed by atoms with van der Waals surface area (Å²) in [6, 6.07) is 4.25. The van der Waals surface area contributed by atoms with Crippen molar-refractivity contribution in [2.24, 2.45) is 0 Å². The molecule has 0 amide bonds. The maximum atomic E-state index is 11.9. The lowest BCUT2D eigenvalue weighted by molar-refractivity contribution is 0.340. The second kappa shape index (κ2) is 5.71. The Labute approximate surface area is 107 Å². The molecule has 0 heterocycles. The van der Waals surface area contributed by atoms with Crippen molar-refractivity contribution in [2.45, 2.75) is 31.7 Å². The second-order valence-electron chi connectivity index (χ2n) is 3.80. The van der Waals surface area contributed by atoms with E-state index in [2.05, 4.69) is 4.72 Å². The molecule has 0 atom stereocenters. The van der Waals surface area contributed by atoms with Gasteiger partial charge < -0.3 is 4.74 Å². The molecule has 0 fully saturated rings. The molecule has 0 bridgehead atoms. The van der Waals surface area contributed by atoms with Gasteiger partial charge in [0, 0.05) is 6.04 Å². The summed E-state index contributed by atoms with van der Waals surface area (Å²) in [5.74, 6) is 0.484. The average molecular weight is 278 g/mol. The first-order valence-corrected chi connectivity index (χ1v) is 7.17. The average Bonchev–Trinajstić information content (AvgIpc) is 2.19. The summed E-state index contributed by atoms with van der Waals surface area (Å²) in [6.45, 7) is 5.83. The van der Waals surface area contributed by atoms with Crippen LogP contribution in [-0.4, -0.2) is 21.1 Å². The number of ether oxygens (including phenoxy) is 1. The largest absolute Gasteiger partial charge is 0.492 e. The van der Waals surface area contributed by atoms with Crippen LogP contribution < -0.4 is 9.46 Å². The van der Waals surface area contributed by atoms with E-state index in [1.54, 1.807) is 19.9 Å². The molecular formula is C11H16ClNO3S. The molecule has 0 aliphatic heterocycles. The van der Waals surface area contributed by atoms with Crippen molar-refractivity contribution in [2.75, 3.05) is 6.61 Å². The predicted molar refractivity (Wildman–Crippen MR) is 68.1 cm³/mol. The maximum absolute atomic E-state index is 11.9. The summed E-state index contributed by atoms with van der Waals surface area (Å²) < 4.78 is 31.4. The Morgan fingerprint density at radius 1 is 1.41 bits per heavy atom. The molecule has 0 spiro atoms. The third kappa shape index (κ3) is 3.87. The molecule has 1 rings (SSSR count). The summed E-state index contributed by atoms with van der Waals surface area (Å²) in [5, 5.41) is 0.290. The van der Waals surface area contributed by atoms with E-state index in [0.717, 1.165) is 0 Å². The molecule has 0 unspecified atom stereocenters. The molecule has 4 nitrogen and oxygen atoms in total. The minimum Gasteiger partial charge on any atom is -0.492 e. The molecule has 0 aromatic heterocycles. The molecule has 96 valence electrons. The van der Waals surface area contributed by atoms with Gasteiger partial charge in [-0.15, -0.1) is 0 Å². The zero-order valence-electron chi connectivity index (χ0n) is 10.0. The van der Waals surface area contributed by atoms with Gasteiger partial charge in [0.1, 0.15) is 5.75 Å². The Morgan fingerprint density at radius 3 is 2.53 bits per heavy atom. The van der Waals surface area contributed by atoms with Gasteiger partial charge in [-0.1, -0.05) is 11.6 Å². The number of rotatable bonds is 5. The molecule has 0 aliphatic carbocycles. The quantitative estimate of drug-likeness (QED) is 0.899. The van der Waals surface area contributed by atoms with Gasteiger partial charge in [-0.25, -0.2) is 13.1 Å². The summed E-state index contributed by atoms with van der Waals surface area (Å²) in [4.78, 5) is 0.139. The maximum Gasteiger partial charge on any atom is 0.240 e. The zero-order chi connectivity index (χ0) is 13.1. The number of nitrogens with one attached hydrogen (secondary N) is 1. The molecule has 0 radical (unpaired) electrons. The van der Waals surface area contributed by atoms with Gasteiger partial charge in [0.15, 0.2) is 0 Å². The minimum absolute atomic E-state index is 0.139. The van der Waals surface area contributed by atoms with E-state index in [1.165, 1.54) is 12.1 Å². The Kier molecular flexibility index (Phi) is 4.80. The van der Waals surface area contributed by atoms with Crippen molar-refractivity contribution in [3.63, 3.8) is 0 Å². The molecule has 0 saturated carbocycles. The first kappa shape index (κ1) is 14.3. The van der Waals surface area contributed by atoms with Crippen LogP contribution in [0.5, 0.6) is 5.75 Å². The highest BCUT2D eigenvalue weighted by Gasteiger charge is 2.16. The fourth-order valence-electron chi connectivity index (χ4n) is 1.30. The Bertz CT molecular complexity index is 485. The minimum atomic E-state index is -3.50. The van der Waals surface area contributed by atoms with Crippen LogP contribution in [0.15, 0.2) is 23.1 Å². The van der Waals surface area contributed by atoms with Crippen LogP contribution >= 0.6 is 11.6 Å². The number of halogens is 1. The van der Waals surface area contributed by atoms with Gasteiger partial charge in [-0.3, -0.25) is 0 Å². The number of sulfonamides is 1. The van der Waals surface area contributed by atoms with E-state index < -0.39 is 10.0 Å². The van der Waals surface area contributed by atoms with Crippen molar-refractivity contribution in [3.05, 3.63) is 23.2 Å². The molecule has 17 heavy (non-hydrogen) atoms. The first-order valence-electron chi connectivity index (χ1n) is 5.31. The third-order valence-electron chi connectivity index (χ3n) is 1.90. The summed E-state index contributed by atoms with van der Waals surface area (Å²) in [7, 11) is -3.50. The van der Waals surface area contributed by atoms with E-state index in [0.29, 0.717) is 17.4 Å². The van der Waals surface area contributed by atoms with Crippen LogP contribution in [0.4, 0.5) is 0 Å². The highest BCUT2D eigenvalue weighted by molar-refractivity contribution is 7.89. The molecule has 1 aromatic rings. The Morgan fingerprint density at radius 2 is 2.06 bits per heavy atom. The fraction of sp³-hybridized carbons (Fsp3) is 0.455. The van der Waals surface area contributed by atoms with Gasteiger partial charge in [0.05, 0.1) is 16.5 Å². The first-order chi connectivity index (χ1) is 7.86. The molecule has 0 saturated heterocycles. The summed E-state index contributed by atoms with van der Waals surface area (Å²) >= 11 is 5.93. The van der Waals surface area contributed by atoms with Crippen LogP contribution in [0.3, 0.4) is 0 Å². The van der Waals surface area contributed by atoms with E-state index in [-0.39, 0.29) is 10.9 Å². The van der Waals surface area contributed by atoms with Crippen molar-refractivity contribution in [1.82, 2.24) is 4.72 Å². The van der Waals surface area contributed by atoms with E-state index >= 15 is 0 Å². The normalized spacial score (nSPS) is 11.8. The standard InChI is InChI=1S/C11H16ClNO3S/c1-4-16-11-6-5-9(7-10(11)12)17(14,15)13-8(2)3/h5-8,13H,4H2,1-3H3. The van der Waals surface area contributed by atoms with Crippen molar-refractivity contribution < 1.29 is 13.2 Å². The number of hydrogen-bond donors (Lipinski definition) is 1. The van der Waals surface area contributed by atoms with Crippen LogP contribution in [0.25, 0.3) is 0 Å². The molecule has 0 aliphatic rings. The van der Waals surface area contributed by atoms with E-state index in [4.69, 9.17) is 16.3 Å². The monoisotopic (exact) mass is 277 g/mol. The topological polar surface area (TPSA) is 55.4 Å². The summed E-state index contributed by atoms with van der Waals surface area (Å²) in [6.07, 6.45) is 0. The van der Waals surface area contributed by atoms with Gasteiger partial charge in [0.25, 0.3) is 0 Å². The second-order valence-corrected chi connectivity index (χ2v) is 5.92. The SMILES string of the molecule is CCOc1ccc(S(=O)(=O)NC(C)C)cc1Cl. The lowest BCUT2D eigenvalue weighted by atomic mass is 10.3. The van der Waals surface area contributed by atoms with Crippen LogP contribution in [-0.2, 0) is 10.0 Å². The van der Waals surface area contributed by atoms with Gasteiger partial charge in [-0.2, -0.15) is 0 Å². The third-order valence-corrected chi connectivity index (χ3v) is 3.86. The van der Waals surface area contributed by atoms with Crippen molar-refractivity contribution in [1.29, 1.82) is 0 Å². The van der Waals surface area contributed by atoms with Gasteiger partial charge in [-0.05, 0) is 39.0 Å². The van der Waals surface area contributed by atoms with Crippen LogP contribution in [0.2, 0.25) is 5.02 Å². The van der Waals surface area contributed by atoms with Crippen LogP contribution in [0, 0.1) is 0 Å². The van der Waals surface area contributed by atoms with Gasteiger partial charge >= 0.3 is 0 Å². The van der Waals surface area contributed by atoms with E-state index in [9.17, 15) is 8.42 Å². The van der Waals surface area contributed by atoms with Crippen molar-refractivity contribution >= 4 is 21.6 Å². The lowest BCUT2D eigenvalue weighted by Gasteiger charge is -2.11. The molecule has 6 heteroatoms. The highest BCUT2D eigenvalue weighted by Crippen LogP contribution is 2.27. The fourth-order valence-corrected chi connectivity index (χ4v) is 2.88. The Balaban J connectivity index is 3.05. The molecule has 1 aromatic carbocycles. The number of benzene rings is 1. The highest BCUT2D eigenvalue weighted by atomic mass is 35.5. The summed E-state index contributed by atoms with van der Waals surface area (Å²) in [5.41, 5.74) is 0.